The maximum Gasteiger partial charge on any atom is 0.239 e. The van der Waals surface area contributed by atoms with E-state index < -0.39 is 5.54 Å². The van der Waals surface area contributed by atoms with Crippen LogP contribution < -0.4 is 10.6 Å². The number of nitrogens with one attached hydrogen (secondary N) is 2. The Morgan fingerprint density at radius 3 is 2.00 bits per heavy atom. The van der Waals surface area contributed by atoms with E-state index >= 15 is 0 Å². The van der Waals surface area contributed by atoms with Gasteiger partial charge in [-0.05, 0) is 58.4 Å². The van der Waals surface area contributed by atoms with E-state index in [4.69, 9.17) is 0 Å². The molecule has 1 amide bonds. The molecule has 2 rings (SSSR count). The third-order valence-electron chi connectivity index (χ3n) is 3.75. The molecule has 3 heteroatoms. The lowest BCUT2D eigenvalue weighted by atomic mass is 10.0. The summed E-state index contributed by atoms with van der Waals surface area (Å²) in [5.41, 5.74) is -0.442. The number of hydrogen-bond donors (Lipinski definition) is 2. The molecule has 3 nitrogen and oxygen atoms in total. The number of carbonyl (C=O) groups is 1. The van der Waals surface area contributed by atoms with Crippen molar-refractivity contribution < 1.29 is 4.79 Å². The van der Waals surface area contributed by atoms with Crippen LogP contribution in [0.1, 0.15) is 39.5 Å². The minimum atomic E-state index is -0.442. The number of carbonyl (C=O) groups excluding carboxylic acids is 1. The van der Waals surface area contributed by atoms with Gasteiger partial charge in [-0.25, -0.2) is 0 Å². The first-order chi connectivity index (χ1) is 7.04. The Labute approximate surface area is 92.0 Å². The molecule has 15 heavy (non-hydrogen) atoms. The third-order valence-corrected chi connectivity index (χ3v) is 3.75. The molecule has 2 saturated carbocycles. The summed E-state index contributed by atoms with van der Waals surface area (Å²) in [6, 6.07) is 0.463. The molecule has 0 aliphatic heterocycles. The predicted molar refractivity (Wildman–Crippen MR) is 60.5 cm³/mol. The molecule has 86 valence electrons. The molecule has 0 heterocycles. The molecule has 0 saturated heterocycles. The summed E-state index contributed by atoms with van der Waals surface area (Å²) in [7, 11) is 1.84. The molecule has 2 fully saturated rings. The van der Waals surface area contributed by atoms with Crippen LogP contribution in [0.3, 0.4) is 0 Å². The first-order valence-electron chi connectivity index (χ1n) is 6.04. The standard InChI is InChI=1S/C12H22N2O/c1-12(2,13-3)11(15)14-10(8-4-5-8)9-6-7-9/h8-10,13H,4-7H2,1-3H3,(H,14,15). The molecular formula is C12H22N2O. The first kappa shape index (κ1) is 10.9. The van der Waals surface area contributed by atoms with Crippen LogP contribution in [0.25, 0.3) is 0 Å². The fourth-order valence-electron chi connectivity index (χ4n) is 1.98. The minimum absolute atomic E-state index is 0.147. The maximum atomic E-state index is 12.0. The van der Waals surface area contributed by atoms with Gasteiger partial charge in [0.1, 0.15) is 0 Å². The van der Waals surface area contributed by atoms with Crippen molar-refractivity contribution in [3.63, 3.8) is 0 Å². The van der Waals surface area contributed by atoms with Crippen LogP contribution >= 0.6 is 0 Å². The van der Waals surface area contributed by atoms with Gasteiger partial charge in [0.05, 0.1) is 5.54 Å². The van der Waals surface area contributed by atoms with E-state index in [-0.39, 0.29) is 5.91 Å². The quantitative estimate of drug-likeness (QED) is 0.718. The van der Waals surface area contributed by atoms with Crippen LogP contribution in [0, 0.1) is 11.8 Å². The van der Waals surface area contributed by atoms with E-state index in [0.717, 1.165) is 11.8 Å². The van der Waals surface area contributed by atoms with Gasteiger partial charge in [-0.1, -0.05) is 0 Å². The van der Waals surface area contributed by atoms with Gasteiger partial charge in [0.25, 0.3) is 0 Å². The van der Waals surface area contributed by atoms with E-state index in [1.165, 1.54) is 25.7 Å². The van der Waals surface area contributed by atoms with Crippen molar-refractivity contribution >= 4 is 5.91 Å². The van der Waals surface area contributed by atoms with Crippen LogP contribution in [0.15, 0.2) is 0 Å². The second-order valence-corrected chi connectivity index (χ2v) is 5.55. The molecular weight excluding hydrogens is 188 g/mol. The second kappa shape index (κ2) is 3.78. The van der Waals surface area contributed by atoms with E-state index in [1.807, 2.05) is 20.9 Å². The normalized spacial score (nSPS) is 21.9. The first-order valence-corrected chi connectivity index (χ1v) is 6.04. The smallest absolute Gasteiger partial charge is 0.239 e. The van der Waals surface area contributed by atoms with Crippen LogP contribution in [0.5, 0.6) is 0 Å². The van der Waals surface area contributed by atoms with Crippen molar-refractivity contribution in [1.29, 1.82) is 0 Å². The predicted octanol–water partition coefficient (Wildman–Crippen LogP) is 1.29. The molecule has 0 unspecified atom stereocenters. The molecule has 0 atom stereocenters. The summed E-state index contributed by atoms with van der Waals surface area (Å²) in [5.74, 6) is 1.69. The van der Waals surface area contributed by atoms with Gasteiger partial charge in [-0.15, -0.1) is 0 Å². The Balaban J connectivity index is 1.90. The van der Waals surface area contributed by atoms with Crippen molar-refractivity contribution in [3.8, 4) is 0 Å². The lowest BCUT2D eigenvalue weighted by Gasteiger charge is -2.27. The fraction of sp³-hybridized carbons (Fsp3) is 0.917. The van der Waals surface area contributed by atoms with E-state index in [0.29, 0.717) is 6.04 Å². The van der Waals surface area contributed by atoms with E-state index in [1.54, 1.807) is 0 Å². The largest absolute Gasteiger partial charge is 0.351 e. The van der Waals surface area contributed by atoms with Crippen LogP contribution in [0.2, 0.25) is 0 Å². The number of hydrogen-bond acceptors (Lipinski definition) is 2. The Morgan fingerprint density at radius 1 is 1.20 bits per heavy atom. The molecule has 2 N–H and O–H groups in total. The van der Waals surface area contributed by atoms with Crippen molar-refractivity contribution in [3.05, 3.63) is 0 Å². The van der Waals surface area contributed by atoms with E-state index in [9.17, 15) is 4.79 Å². The minimum Gasteiger partial charge on any atom is -0.351 e. The average molecular weight is 210 g/mol. The second-order valence-electron chi connectivity index (χ2n) is 5.55. The van der Waals surface area contributed by atoms with Crippen molar-refractivity contribution in [1.82, 2.24) is 10.6 Å². The zero-order chi connectivity index (χ0) is 11.1. The molecule has 2 aliphatic rings. The van der Waals surface area contributed by atoms with Gasteiger partial charge in [0, 0.05) is 6.04 Å². The highest BCUT2D eigenvalue weighted by Gasteiger charge is 2.43. The molecule has 0 aromatic rings. The van der Waals surface area contributed by atoms with Crippen LogP contribution in [-0.2, 0) is 4.79 Å². The van der Waals surface area contributed by atoms with Crippen LogP contribution in [-0.4, -0.2) is 24.5 Å². The maximum absolute atomic E-state index is 12.0. The summed E-state index contributed by atoms with van der Waals surface area (Å²) in [6.45, 7) is 3.86. The summed E-state index contributed by atoms with van der Waals surface area (Å²) in [6.07, 6.45) is 5.23. The van der Waals surface area contributed by atoms with Gasteiger partial charge in [-0.3, -0.25) is 4.79 Å². The van der Waals surface area contributed by atoms with Gasteiger partial charge < -0.3 is 10.6 Å². The lowest BCUT2D eigenvalue weighted by Crippen LogP contribution is -2.54. The molecule has 0 aromatic heterocycles. The Morgan fingerprint density at radius 2 is 1.67 bits per heavy atom. The molecule has 0 spiro atoms. The van der Waals surface area contributed by atoms with Crippen molar-refractivity contribution in [2.75, 3.05) is 7.05 Å². The molecule has 0 bridgehead atoms. The average Bonchev–Trinajstić information content (AvgIpc) is 3.03. The Bertz CT molecular complexity index is 242. The zero-order valence-corrected chi connectivity index (χ0v) is 9.97. The topological polar surface area (TPSA) is 41.1 Å². The van der Waals surface area contributed by atoms with Crippen molar-refractivity contribution in [2.24, 2.45) is 11.8 Å². The Kier molecular flexibility index (Phi) is 2.75. The molecule has 2 aliphatic carbocycles. The van der Waals surface area contributed by atoms with Gasteiger partial charge >= 0.3 is 0 Å². The van der Waals surface area contributed by atoms with Crippen molar-refractivity contribution in [2.45, 2.75) is 51.1 Å². The lowest BCUT2D eigenvalue weighted by molar-refractivity contribution is -0.127. The number of rotatable bonds is 5. The third kappa shape index (κ3) is 2.51. The highest BCUT2D eigenvalue weighted by Crippen LogP contribution is 2.44. The molecule has 0 radical (unpaired) electrons. The highest BCUT2D eigenvalue weighted by molar-refractivity contribution is 5.85. The van der Waals surface area contributed by atoms with Gasteiger partial charge in [0.15, 0.2) is 0 Å². The van der Waals surface area contributed by atoms with E-state index in [2.05, 4.69) is 10.6 Å². The van der Waals surface area contributed by atoms with Gasteiger partial charge in [-0.2, -0.15) is 0 Å². The zero-order valence-electron chi connectivity index (χ0n) is 9.97. The summed E-state index contributed by atoms with van der Waals surface area (Å²) in [5, 5.41) is 6.28. The summed E-state index contributed by atoms with van der Waals surface area (Å²) < 4.78 is 0. The number of amides is 1. The van der Waals surface area contributed by atoms with Crippen LogP contribution in [0.4, 0.5) is 0 Å². The highest BCUT2D eigenvalue weighted by atomic mass is 16.2. The summed E-state index contributed by atoms with van der Waals surface area (Å²) >= 11 is 0. The fourth-order valence-corrected chi connectivity index (χ4v) is 1.98. The molecule has 0 aromatic carbocycles. The number of likely N-dealkylation sites (N-methyl/N-ethyl adjacent to an activating group) is 1. The summed E-state index contributed by atoms with van der Waals surface area (Å²) in [4.78, 5) is 12.0. The Hall–Kier alpha value is -0.570. The monoisotopic (exact) mass is 210 g/mol. The SMILES string of the molecule is CNC(C)(C)C(=O)NC(C1CC1)C1CC1. The van der Waals surface area contributed by atoms with Gasteiger partial charge in [0.2, 0.25) is 5.91 Å².